The molecule has 84 valence electrons. The second kappa shape index (κ2) is 5.64. The minimum atomic E-state index is 0.745. The minimum Gasteiger partial charge on any atom is -0.298 e. The lowest BCUT2D eigenvalue weighted by molar-refractivity contribution is 0.112. The molecule has 0 N–H and O–H groups in total. The van der Waals surface area contributed by atoms with Crippen LogP contribution in [0.5, 0.6) is 0 Å². The fourth-order valence-corrected chi connectivity index (χ4v) is 2.26. The number of hydrogen-bond donors (Lipinski definition) is 0. The Labute approximate surface area is 97.2 Å². The predicted octanol–water partition coefficient (Wildman–Crippen LogP) is 4.09. The molecule has 1 aromatic rings. The summed E-state index contributed by atoms with van der Waals surface area (Å²) >= 11 is 0. The molecule has 1 heteroatoms. The topological polar surface area (TPSA) is 17.1 Å². The summed E-state index contributed by atoms with van der Waals surface area (Å²) in [6.07, 6.45) is 12.2. The molecule has 0 amide bonds. The van der Waals surface area contributed by atoms with E-state index >= 15 is 0 Å². The molecule has 0 radical (unpaired) electrons. The van der Waals surface area contributed by atoms with E-state index in [0.29, 0.717) is 0 Å². The maximum absolute atomic E-state index is 10.5. The SMILES string of the molecule is O=Cc1ccc(/C=C/C2CCCCC2)cc1. The monoisotopic (exact) mass is 214 g/mol. The van der Waals surface area contributed by atoms with E-state index in [4.69, 9.17) is 0 Å². The molecule has 1 nitrogen and oxygen atoms in total. The third-order valence-electron chi connectivity index (χ3n) is 3.28. The van der Waals surface area contributed by atoms with Gasteiger partial charge in [0.05, 0.1) is 0 Å². The normalized spacial score (nSPS) is 17.8. The van der Waals surface area contributed by atoms with Gasteiger partial charge in [-0.2, -0.15) is 0 Å². The Morgan fingerprint density at radius 1 is 0.938 bits per heavy atom. The fraction of sp³-hybridized carbons (Fsp3) is 0.400. The van der Waals surface area contributed by atoms with Gasteiger partial charge in [-0.05, 0) is 24.3 Å². The Kier molecular flexibility index (Phi) is 3.92. The average Bonchev–Trinajstić information content (AvgIpc) is 2.38. The smallest absolute Gasteiger partial charge is 0.150 e. The van der Waals surface area contributed by atoms with Crippen LogP contribution in [0.1, 0.15) is 48.0 Å². The van der Waals surface area contributed by atoms with Crippen molar-refractivity contribution in [1.29, 1.82) is 0 Å². The van der Waals surface area contributed by atoms with Crippen molar-refractivity contribution in [1.82, 2.24) is 0 Å². The van der Waals surface area contributed by atoms with Gasteiger partial charge < -0.3 is 0 Å². The van der Waals surface area contributed by atoms with Gasteiger partial charge in [0.25, 0.3) is 0 Å². The highest BCUT2D eigenvalue weighted by Gasteiger charge is 2.09. The number of allylic oxidation sites excluding steroid dienone is 1. The van der Waals surface area contributed by atoms with Gasteiger partial charge in [-0.15, -0.1) is 0 Å². The average molecular weight is 214 g/mol. The summed E-state index contributed by atoms with van der Waals surface area (Å²) in [4.78, 5) is 10.5. The Bertz CT molecular complexity index is 356. The molecule has 1 aliphatic carbocycles. The van der Waals surface area contributed by atoms with Gasteiger partial charge in [-0.3, -0.25) is 4.79 Å². The molecular weight excluding hydrogens is 196 g/mol. The molecule has 0 aliphatic heterocycles. The van der Waals surface area contributed by atoms with Gasteiger partial charge in [0, 0.05) is 5.56 Å². The number of rotatable bonds is 3. The predicted molar refractivity (Wildman–Crippen MR) is 67.4 cm³/mol. The highest BCUT2D eigenvalue weighted by atomic mass is 16.1. The molecule has 1 saturated carbocycles. The van der Waals surface area contributed by atoms with Crippen molar-refractivity contribution in [3.63, 3.8) is 0 Å². The molecule has 0 spiro atoms. The summed E-state index contributed by atoms with van der Waals surface area (Å²) in [6.45, 7) is 0. The van der Waals surface area contributed by atoms with E-state index in [9.17, 15) is 4.79 Å². The molecule has 1 fully saturated rings. The minimum absolute atomic E-state index is 0.745. The fourth-order valence-electron chi connectivity index (χ4n) is 2.26. The first-order chi connectivity index (χ1) is 7.88. The second-order valence-electron chi connectivity index (χ2n) is 4.54. The zero-order valence-corrected chi connectivity index (χ0v) is 9.56. The van der Waals surface area contributed by atoms with E-state index in [1.807, 2.05) is 24.3 Å². The van der Waals surface area contributed by atoms with E-state index in [0.717, 1.165) is 17.8 Å². The molecule has 16 heavy (non-hydrogen) atoms. The first-order valence-corrected chi connectivity index (χ1v) is 6.12. The molecule has 0 atom stereocenters. The van der Waals surface area contributed by atoms with Gasteiger partial charge in [-0.25, -0.2) is 0 Å². The van der Waals surface area contributed by atoms with Gasteiger partial charge in [-0.1, -0.05) is 55.7 Å². The lowest BCUT2D eigenvalue weighted by atomic mass is 9.89. The van der Waals surface area contributed by atoms with Crippen LogP contribution in [0, 0.1) is 5.92 Å². The summed E-state index contributed by atoms with van der Waals surface area (Å²) in [5, 5.41) is 0. The first kappa shape index (κ1) is 11.1. The van der Waals surface area contributed by atoms with Crippen molar-refractivity contribution in [2.45, 2.75) is 32.1 Å². The van der Waals surface area contributed by atoms with Crippen LogP contribution in [0.4, 0.5) is 0 Å². The van der Waals surface area contributed by atoms with Crippen LogP contribution in [0.2, 0.25) is 0 Å². The highest BCUT2D eigenvalue weighted by molar-refractivity contribution is 5.75. The lowest BCUT2D eigenvalue weighted by Gasteiger charge is -2.17. The standard InChI is InChI=1S/C15H18O/c16-12-15-10-8-14(9-11-15)7-6-13-4-2-1-3-5-13/h6-13H,1-5H2/b7-6+. The van der Waals surface area contributed by atoms with Crippen LogP contribution in [-0.2, 0) is 0 Å². The van der Waals surface area contributed by atoms with E-state index in [-0.39, 0.29) is 0 Å². The maximum Gasteiger partial charge on any atom is 0.150 e. The van der Waals surface area contributed by atoms with Gasteiger partial charge in [0.1, 0.15) is 6.29 Å². The van der Waals surface area contributed by atoms with Gasteiger partial charge in [0.15, 0.2) is 0 Å². The van der Waals surface area contributed by atoms with Crippen molar-refractivity contribution < 1.29 is 4.79 Å². The second-order valence-corrected chi connectivity index (χ2v) is 4.54. The third-order valence-corrected chi connectivity index (χ3v) is 3.28. The number of carbonyl (C=O) groups is 1. The molecule has 0 bridgehead atoms. The third kappa shape index (κ3) is 3.06. The summed E-state index contributed by atoms with van der Waals surface area (Å²) in [5.41, 5.74) is 1.94. The quantitative estimate of drug-likeness (QED) is 0.692. The summed E-state index contributed by atoms with van der Waals surface area (Å²) < 4.78 is 0. The van der Waals surface area contributed by atoms with Crippen molar-refractivity contribution in [3.05, 3.63) is 41.5 Å². The Morgan fingerprint density at radius 2 is 1.56 bits per heavy atom. The van der Waals surface area contributed by atoms with Crippen molar-refractivity contribution in [2.24, 2.45) is 5.92 Å². The number of hydrogen-bond acceptors (Lipinski definition) is 1. The Morgan fingerprint density at radius 3 is 2.19 bits per heavy atom. The van der Waals surface area contributed by atoms with E-state index in [2.05, 4.69) is 12.2 Å². The molecule has 0 saturated heterocycles. The Balaban J connectivity index is 1.96. The van der Waals surface area contributed by atoms with E-state index in [1.165, 1.54) is 37.7 Å². The van der Waals surface area contributed by atoms with Crippen molar-refractivity contribution in [3.8, 4) is 0 Å². The van der Waals surface area contributed by atoms with Crippen LogP contribution in [0.15, 0.2) is 30.3 Å². The molecular formula is C15H18O. The molecule has 1 aromatic carbocycles. The van der Waals surface area contributed by atoms with E-state index in [1.54, 1.807) is 0 Å². The molecule has 0 heterocycles. The largest absolute Gasteiger partial charge is 0.298 e. The maximum atomic E-state index is 10.5. The number of carbonyl (C=O) groups excluding carboxylic acids is 1. The van der Waals surface area contributed by atoms with Crippen LogP contribution < -0.4 is 0 Å². The summed E-state index contributed by atoms with van der Waals surface area (Å²) in [6, 6.07) is 7.74. The first-order valence-electron chi connectivity index (χ1n) is 6.12. The molecule has 2 rings (SSSR count). The number of aldehydes is 1. The molecule has 0 aromatic heterocycles. The van der Waals surface area contributed by atoms with Crippen LogP contribution in [0.25, 0.3) is 6.08 Å². The van der Waals surface area contributed by atoms with Crippen LogP contribution >= 0.6 is 0 Å². The van der Waals surface area contributed by atoms with Crippen molar-refractivity contribution in [2.75, 3.05) is 0 Å². The zero-order valence-electron chi connectivity index (χ0n) is 9.56. The van der Waals surface area contributed by atoms with Crippen LogP contribution in [0.3, 0.4) is 0 Å². The lowest BCUT2D eigenvalue weighted by Crippen LogP contribution is -2.02. The van der Waals surface area contributed by atoms with Gasteiger partial charge >= 0.3 is 0 Å². The molecule has 0 unspecified atom stereocenters. The van der Waals surface area contributed by atoms with Crippen molar-refractivity contribution >= 4 is 12.4 Å². The summed E-state index contributed by atoms with van der Waals surface area (Å²) in [7, 11) is 0. The van der Waals surface area contributed by atoms with Gasteiger partial charge in [0.2, 0.25) is 0 Å². The molecule has 1 aliphatic rings. The summed E-state index contributed by atoms with van der Waals surface area (Å²) in [5.74, 6) is 0.763. The number of benzene rings is 1. The van der Waals surface area contributed by atoms with E-state index < -0.39 is 0 Å². The zero-order chi connectivity index (χ0) is 11.2. The highest BCUT2D eigenvalue weighted by Crippen LogP contribution is 2.25. The van der Waals surface area contributed by atoms with Crippen LogP contribution in [-0.4, -0.2) is 6.29 Å². The Hall–Kier alpha value is -1.37.